The summed E-state index contributed by atoms with van der Waals surface area (Å²) in [6.45, 7) is 5.64. The molecule has 3 aromatic rings. The van der Waals surface area contributed by atoms with E-state index in [-0.39, 0.29) is 23.6 Å². The largest absolute Gasteiger partial charge is 0.494 e. The van der Waals surface area contributed by atoms with Crippen LogP contribution in [0, 0.1) is 11.7 Å². The number of nitrogens with zero attached hydrogens (tertiary/aromatic N) is 1. The van der Waals surface area contributed by atoms with Crippen molar-refractivity contribution in [1.29, 1.82) is 0 Å². The van der Waals surface area contributed by atoms with Gasteiger partial charge in [0, 0.05) is 16.4 Å². The van der Waals surface area contributed by atoms with E-state index in [1.54, 1.807) is 12.1 Å². The Balaban J connectivity index is 1.64. The first-order valence-corrected chi connectivity index (χ1v) is 12.1. The fourth-order valence-electron chi connectivity index (χ4n) is 5.29. The second-order valence-electron chi connectivity index (χ2n) is 9.48. The van der Waals surface area contributed by atoms with E-state index >= 15 is 0 Å². The van der Waals surface area contributed by atoms with Gasteiger partial charge in [0.05, 0.1) is 13.2 Å². The molecule has 4 nitrogen and oxygen atoms in total. The highest BCUT2D eigenvalue weighted by Gasteiger charge is 2.44. The highest BCUT2D eigenvalue weighted by Crippen LogP contribution is 2.43. The average Bonchev–Trinajstić information content (AvgIpc) is 2.83. The Bertz CT molecular complexity index is 1190. The van der Waals surface area contributed by atoms with Gasteiger partial charge in [-0.15, -0.1) is 0 Å². The van der Waals surface area contributed by atoms with Gasteiger partial charge in [-0.1, -0.05) is 48.9 Å². The molecule has 1 aliphatic rings. The maximum atomic E-state index is 14.7. The summed E-state index contributed by atoms with van der Waals surface area (Å²) < 4.78 is 19.8. The predicted molar refractivity (Wildman–Crippen MR) is 136 cm³/mol. The first-order chi connectivity index (χ1) is 16.2. The number of fused-ring (bicyclic) bond motifs is 1. The van der Waals surface area contributed by atoms with Crippen LogP contribution in [0.1, 0.15) is 43.9 Å². The summed E-state index contributed by atoms with van der Waals surface area (Å²) in [7, 11) is 3.54. The van der Waals surface area contributed by atoms with Crippen LogP contribution in [0.5, 0.6) is 5.75 Å². The first kappa shape index (κ1) is 24.5. The van der Waals surface area contributed by atoms with Gasteiger partial charge >= 0.3 is 0 Å². The van der Waals surface area contributed by atoms with Crippen molar-refractivity contribution in [3.8, 4) is 5.75 Å². The van der Waals surface area contributed by atoms with Gasteiger partial charge in [-0.3, -0.25) is 4.79 Å². The number of methoxy groups -OCH3 is 1. The molecule has 34 heavy (non-hydrogen) atoms. The summed E-state index contributed by atoms with van der Waals surface area (Å²) in [5.74, 6) is -0.575. The molecule has 180 valence electrons. The molecule has 2 unspecified atom stereocenters. The van der Waals surface area contributed by atoms with Gasteiger partial charge < -0.3 is 15.0 Å². The molecular formula is C28H32ClFN2O2. The molecular weight excluding hydrogens is 451 g/mol. The van der Waals surface area contributed by atoms with Crippen molar-refractivity contribution in [2.24, 2.45) is 5.92 Å². The zero-order valence-corrected chi connectivity index (χ0v) is 21.0. The Labute approximate surface area is 206 Å². The third kappa shape index (κ3) is 4.64. The zero-order valence-electron chi connectivity index (χ0n) is 20.2. The molecule has 4 rings (SSSR count). The number of hydrogen-bond donors (Lipinski definition) is 1. The van der Waals surface area contributed by atoms with Gasteiger partial charge in [0.15, 0.2) is 11.6 Å². The first-order valence-electron chi connectivity index (χ1n) is 11.8. The van der Waals surface area contributed by atoms with Gasteiger partial charge in [0.25, 0.3) is 0 Å². The lowest BCUT2D eigenvalue weighted by Gasteiger charge is -2.45. The van der Waals surface area contributed by atoms with Crippen LogP contribution in [0.25, 0.3) is 10.8 Å². The topological polar surface area (TPSA) is 41.6 Å². The van der Waals surface area contributed by atoms with Crippen LogP contribution in [-0.2, 0) is 10.2 Å². The summed E-state index contributed by atoms with van der Waals surface area (Å²) >= 11 is 6.38. The van der Waals surface area contributed by atoms with Gasteiger partial charge in [-0.05, 0) is 86.1 Å². The average molecular weight is 483 g/mol. The Kier molecular flexibility index (Phi) is 7.15. The van der Waals surface area contributed by atoms with E-state index in [0.717, 1.165) is 47.8 Å². The second kappa shape index (κ2) is 9.93. The zero-order chi connectivity index (χ0) is 24.5. The summed E-state index contributed by atoms with van der Waals surface area (Å²) in [6, 6.07) is 16.8. The van der Waals surface area contributed by atoms with Crippen LogP contribution in [-0.4, -0.2) is 38.1 Å². The Morgan fingerprint density at radius 2 is 1.82 bits per heavy atom. The van der Waals surface area contributed by atoms with Crippen molar-refractivity contribution < 1.29 is 13.9 Å². The van der Waals surface area contributed by atoms with Crippen LogP contribution in [0.4, 0.5) is 4.39 Å². The van der Waals surface area contributed by atoms with Crippen LogP contribution < -0.4 is 10.1 Å². The molecule has 0 aromatic heterocycles. The minimum absolute atomic E-state index is 0.0441. The summed E-state index contributed by atoms with van der Waals surface area (Å²) in [6.07, 6.45) is 1.55. The summed E-state index contributed by atoms with van der Waals surface area (Å²) in [5, 5.41) is 5.98. The molecule has 1 saturated heterocycles. The van der Waals surface area contributed by atoms with Crippen molar-refractivity contribution in [3.05, 3.63) is 76.6 Å². The molecule has 6 heteroatoms. The van der Waals surface area contributed by atoms with Gasteiger partial charge in [0.2, 0.25) is 5.91 Å². The number of hydrogen-bond acceptors (Lipinski definition) is 3. The number of rotatable bonds is 6. The minimum atomic E-state index is -0.459. The molecule has 0 spiro atoms. The lowest BCUT2D eigenvalue weighted by atomic mass is 9.64. The van der Waals surface area contributed by atoms with E-state index in [4.69, 9.17) is 16.3 Å². The van der Waals surface area contributed by atoms with Crippen LogP contribution in [0.3, 0.4) is 0 Å². The molecule has 1 N–H and O–H groups in total. The van der Waals surface area contributed by atoms with Crippen molar-refractivity contribution in [3.63, 3.8) is 0 Å². The summed E-state index contributed by atoms with van der Waals surface area (Å²) in [5.41, 5.74) is 1.37. The Morgan fingerprint density at radius 3 is 2.50 bits per heavy atom. The van der Waals surface area contributed by atoms with Crippen molar-refractivity contribution >= 4 is 28.3 Å². The minimum Gasteiger partial charge on any atom is -0.494 e. The van der Waals surface area contributed by atoms with E-state index in [2.05, 4.69) is 17.3 Å². The van der Waals surface area contributed by atoms with Gasteiger partial charge in [-0.2, -0.15) is 0 Å². The fourth-order valence-corrected chi connectivity index (χ4v) is 5.53. The van der Waals surface area contributed by atoms with Gasteiger partial charge in [-0.25, -0.2) is 4.39 Å². The molecule has 0 saturated carbocycles. The predicted octanol–water partition coefficient (Wildman–Crippen LogP) is 6.12. The number of halogens is 2. The maximum Gasteiger partial charge on any atom is 0.224 e. The smallest absolute Gasteiger partial charge is 0.224 e. The van der Waals surface area contributed by atoms with E-state index in [9.17, 15) is 9.18 Å². The number of carbonyl (C=O) groups excluding carboxylic acids is 1. The fraction of sp³-hybridized carbons (Fsp3) is 0.393. The third-order valence-electron chi connectivity index (χ3n) is 7.51. The normalized spacial score (nSPS) is 17.8. The lowest BCUT2D eigenvalue weighted by Crippen LogP contribution is -2.50. The van der Waals surface area contributed by atoms with Crippen molar-refractivity contribution in [2.45, 2.75) is 38.1 Å². The number of carbonyl (C=O) groups is 1. The Morgan fingerprint density at radius 1 is 1.12 bits per heavy atom. The number of amides is 1. The van der Waals surface area contributed by atoms with Crippen LogP contribution in [0.2, 0.25) is 5.02 Å². The molecule has 2 atom stereocenters. The molecule has 1 aliphatic heterocycles. The van der Waals surface area contributed by atoms with Crippen molar-refractivity contribution in [1.82, 2.24) is 10.2 Å². The Hall–Kier alpha value is -2.63. The molecule has 1 fully saturated rings. The number of nitrogens with one attached hydrogen (secondary N) is 1. The second-order valence-corrected chi connectivity index (χ2v) is 9.91. The van der Waals surface area contributed by atoms with Crippen molar-refractivity contribution in [2.75, 3.05) is 27.2 Å². The molecule has 0 radical (unpaired) electrons. The third-order valence-corrected chi connectivity index (χ3v) is 7.73. The van der Waals surface area contributed by atoms with E-state index in [0.29, 0.717) is 5.02 Å². The van der Waals surface area contributed by atoms with Gasteiger partial charge in [0.1, 0.15) is 0 Å². The molecule has 0 aliphatic carbocycles. The number of ether oxygens (including phenoxy) is 1. The number of piperidine rings is 1. The SMILES string of the molecule is COc1ccc(C2(C(C)C(=O)NC(C)c3cc(Cl)cc4ccccc34)CCN(C)CC2)cc1F. The monoisotopic (exact) mass is 482 g/mol. The quantitative estimate of drug-likeness (QED) is 0.460. The van der Waals surface area contributed by atoms with Crippen LogP contribution in [0.15, 0.2) is 54.6 Å². The van der Waals surface area contributed by atoms with E-state index < -0.39 is 11.2 Å². The highest BCUT2D eigenvalue weighted by molar-refractivity contribution is 6.31. The number of benzene rings is 3. The van der Waals surface area contributed by atoms with E-state index in [1.807, 2.05) is 56.3 Å². The lowest BCUT2D eigenvalue weighted by molar-refractivity contribution is -0.128. The molecule has 0 bridgehead atoms. The number of likely N-dealkylation sites (tertiary alicyclic amines) is 1. The standard InChI is InChI=1S/C28H32ClFN2O2/c1-18(27(33)31-19(2)24-17-22(29)15-20-7-5-6-8-23(20)24)28(11-13-32(3)14-12-28)21-9-10-26(34-4)25(30)16-21/h5-10,15-19H,11-14H2,1-4H3,(H,31,33). The van der Waals surface area contributed by atoms with Crippen LogP contribution >= 0.6 is 11.6 Å². The summed E-state index contributed by atoms with van der Waals surface area (Å²) in [4.78, 5) is 15.9. The molecule has 1 amide bonds. The molecule has 1 heterocycles. The maximum absolute atomic E-state index is 14.7. The van der Waals surface area contributed by atoms with E-state index in [1.165, 1.54) is 7.11 Å². The molecule has 3 aromatic carbocycles. The highest BCUT2D eigenvalue weighted by atomic mass is 35.5.